The molecule has 0 fully saturated rings. The molecule has 0 spiro atoms. The van der Waals surface area contributed by atoms with Gasteiger partial charge in [0.15, 0.2) is 5.76 Å². The predicted octanol–water partition coefficient (Wildman–Crippen LogP) is 6.56. The zero-order chi connectivity index (χ0) is 24.1. The van der Waals surface area contributed by atoms with Crippen LogP contribution in [0.15, 0.2) is 81.6 Å². The number of hydrogen-bond donors (Lipinski definition) is 2. The number of hydrogen-bond acceptors (Lipinski definition) is 6. The molecule has 34 heavy (non-hydrogen) atoms. The van der Waals surface area contributed by atoms with Crippen LogP contribution in [0.3, 0.4) is 0 Å². The van der Waals surface area contributed by atoms with Gasteiger partial charge >= 0.3 is 0 Å². The van der Waals surface area contributed by atoms with Crippen LogP contribution in [0.25, 0.3) is 11.1 Å². The number of thiophene rings is 1. The van der Waals surface area contributed by atoms with E-state index in [1.165, 1.54) is 29.4 Å². The van der Waals surface area contributed by atoms with Gasteiger partial charge in [0.25, 0.3) is 5.91 Å². The van der Waals surface area contributed by atoms with E-state index in [9.17, 15) is 14.9 Å². The number of aryl methyl sites for hydroxylation is 1. The van der Waals surface area contributed by atoms with Crippen molar-refractivity contribution in [3.05, 3.63) is 89.2 Å². The van der Waals surface area contributed by atoms with E-state index in [1.807, 2.05) is 48.7 Å². The molecule has 1 unspecified atom stereocenters. The van der Waals surface area contributed by atoms with Gasteiger partial charge in [0.05, 0.1) is 17.1 Å². The molecular weight excluding hydrogens is 466 g/mol. The molecule has 2 aromatic carbocycles. The van der Waals surface area contributed by atoms with Crippen LogP contribution in [-0.4, -0.2) is 17.1 Å². The number of benzene rings is 2. The van der Waals surface area contributed by atoms with E-state index in [0.717, 1.165) is 21.6 Å². The van der Waals surface area contributed by atoms with E-state index in [0.29, 0.717) is 16.3 Å². The van der Waals surface area contributed by atoms with Gasteiger partial charge in [0.1, 0.15) is 11.1 Å². The standard InChI is InChI=1S/C26H21N3O3S2/c1-16-8-10-18(11-9-16)22-15-33-26(21(22)14-27)29-24(30)17(2)34-20-6-3-5-19(13-20)28-25(31)23-7-4-12-32-23/h3-13,15,17H,1-2H3,(H,28,31)(H,29,30). The Labute approximate surface area is 205 Å². The maximum Gasteiger partial charge on any atom is 0.291 e. The van der Waals surface area contributed by atoms with Gasteiger partial charge in [-0.2, -0.15) is 5.26 Å². The minimum atomic E-state index is -0.424. The highest BCUT2D eigenvalue weighted by Gasteiger charge is 2.20. The van der Waals surface area contributed by atoms with Gasteiger partial charge < -0.3 is 15.1 Å². The molecule has 4 aromatic rings. The van der Waals surface area contributed by atoms with Gasteiger partial charge in [0.2, 0.25) is 5.91 Å². The topological polar surface area (TPSA) is 95.1 Å². The predicted molar refractivity (Wildman–Crippen MR) is 136 cm³/mol. The Kier molecular flexibility index (Phi) is 7.16. The molecule has 170 valence electrons. The first-order valence-electron chi connectivity index (χ1n) is 10.5. The molecule has 0 radical (unpaired) electrons. The zero-order valence-electron chi connectivity index (χ0n) is 18.5. The average Bonchev–Trinajstić information content (AvgIpc) is 3.50. The van der Waals surface area contributed by atoms with Gasteiger partial charge in [-0.1, -0.05) is 35.9 Å². The first-order chi connectivity index (χ1) is 16.4. The number of carbonyl (C=O) groups is 2. The molecule has 6 nitrogen and oxygen atoms in total. The highest BCUT2D eigenvalue weighted by Crippen LogP contribution is 2.36. The Hall–Kier alpha value is -3.80. The van der Waals surface area contributed by atoms with Gasteiger partial charge in [0, 0.05) is 21.5 Å². The lowest BCUT2D eigenvalue weighted by Gasteiger charge is -2.12. The molecule has 2 heterocycles. The largest absolute Gasteiger partial charge is 0.459 e. The van der Waals surface area contributed by atoms with E-state index in [2.05, 4.69) is 16.7 Å². The third-order valence-electron chi connectivity index (χ3n) is 5.02. The Morgan fingerprint density at radius 1 is 1.09 bits per heavy atom. The molecule has 1 atom stereocenters. The van der Waals surface area contributed by atoms with Gasteiger partial charge in [-0.05, 0) is 49.7 Å². The fourth-order valence-electron chi connectivity index (χ4n) is 3.23. The summed E-state index contributed by atoms with van der Waals surface area (Å²) in [6.45, 7) is 3.81. The van der Waals surface area contributed by atoms with Crippen LogP contribution in [0.1, 0.15) is 28.6 Å². The summed E-state index contributed by atoms with van der Waals surface area (Å²) in [6, 6.07) is 20.7. The van der Waals surface area contributed by atoms with Crippen molar-refractivity contribution in [1.29, 1.82) is 5.26 Å². The molecule has 2 amide bonds. The monoisotopic (exact) mass is 487 g/mol. The second kappa shape index (κ2) is 10.4. The summed E-state index contributed by atoms with van der Waals surface area (Å²) >= 11 is 2.70. The highest BCUT2D eigenvalue weighted by atomic mass is 32.2. The number of anilines is 2. The summed E-state index contributed by atoms with van der Waals surface area (Å²) in [5, 5.41) is 17.4. The summed E-state index contributed by atoms with van der Waals surface area (Å²) in [5.74, 6) is -0.326. The number of nitriles is 1. The summed E-state index contributed by atoms with van der Waals surface area (Å²) in [6.07, 6.45) is 1.44. The lowest BCUT2D eigenvalue weighted by atomic mass is 10.0. The molecule has 0 bridgehead atoms. The van der Waals surface area contributed by atoms with Crippen molar-refractivity contribution in [2.24, 2.45) is 0 Å². The number of furan rings is 1. The summed E-state index contributed by atoms with van der Waals surface area (Å²) in [4.78, 5) is 25.9. The third kappa shape index (κ3) is 5.39. The van der Waals surface area contributed by atoms with Crippen molar-refractivity contribution in [2.75, 3.05) is 10.6 Å². The Morgan fingerprint density at radius 2 is 1.88 bits per heavy atom. The number of carbonyl (C=O) groups excluding carboxylic acids is 2. The molecule has 2 aromatic heterocycles. The van der Waals surface area contributed by atoms with Crippen LogP contribution in [0, 0.1) is 18.3 Å². The molecule has 4 rings (SSSR count). The van der Waals surface area contributed by atoms with E-state index >= 15 is 0 Å². The lowest BCUT2D eigenvalue weighted by molar-refractivity contribution is -0.115. The van der Waals surface area contributed by atoms with Crippen LogP contribution in [0.4, 0.5) is 10.7 Å². The van der Waals surface area contributed by atoms with Gasteiger partial charge in [-0.3, -0.25) is 9.59 Å². The van der Waals surface area contributed by atoms with E-state index in [4.69, 9.17) is 4.42 Å². The first-order valence-corrected chi connectivity index (χ1v) is 12.2. The van der Waals surface area contributed by atoms with Crippen molar-refractivity contribution < 1.29 is 14.0 Å². The van der Waals surface area contributed by atoms with Crippen LogP contribution in [0.2, 0.25) is 0 Å². The van der Waals surface area contributed by atoms with Gasteiger partial charge in [-0.15, -0.1) is 23.1 Å². The van der Waals surface area contributed by atoms with Crippen molar-refractivity contribution in [3.8, 4) is 17.2 Å². The molecular formula is C26H21N3O3S2. The molecule has 0 aliphatic rings. The first kappa shape index (κ1) is 23.4. The van der Waals surface area contributed by atoms with E-state index in [1.54, 1.807) is 31.2 Å². The fraction of sp³-hybridized carbons (Fsp3) is 0.115. The number of nitrogens with one attached hydrogen (secondary N) is 2. The van der Waals surface area contributed by atoms with Crippen LogP contribution in [-0.2, 0) is 4.79 Å². The molecule has 0 aliphatic carbocycles. The second-order valence-electron chi connectivity index (χ2n) is 7.54. The molecule has 0 saturated carbocycles. The van der Waals surface area contributed by atoms with Crippen molar-refractivity contribution in [1.82, 2.24) is 0 Å². The SMILES string of the molecule is Cc1ccc(-c2csc(NC(=O)C(C)Sc3cccc(NC(=O)c4ccco4)c3)c2C#N)cc1. The zero-order valence-corrected chi connectivity index (χ0v) is 20.1. The maximum atomic E-state index is 12.9. The van der Waals surface area contributed by atoms with Crippen molar-refractivity contribution in [2.45, 2.75) is 24.0 Å². The van der Waals surface area contributed by atoms with Crippen LogP contribution in [0.5, 0.6) is 0 Å². The number of rotatable bonds is 7. The average molecular weight is 488 g/mol. The fourth-order valence-corrected chi connectivity index (χ4v) is 5.07. The van der Waals surface area contributed by atoms with Gasteiger partial charge in [-0.25, -0.2) is 0 Å². The Bertz CT molecular complexity index is 1350. The minimum absolute atomic E-state index is 0.205. The molecule has 8 heteroatoms. The normalized spacial score (nSPS) is 11.4. The van der Waals surface area contributed by atoms with Crippen LogP contribution < -0.4 is 10.6 Å². The molecule has 0 aliphatic heterocycles. The van der Waals surface area contributed by atoms with Crippen LogP contribution >= 0.6 is 23.1 Å². The van der Waals surface area contributed by atoms with E-state index < -0.39 is 5.25 Å². The maximum absolute atomic E-state index is 12.9. The lowest BCUT2D eigenvalue weighted by Crippen LogP contribution is -2.22. The minimum Gasteiger partial charge on any atom is -0.459 e. The van der Waals surface area contributed by atoms with Crippen molar-refractivity contribution >= 4 is 45.6 Å². The van der Waals surface area contributed by atoms with E-state index in [-0.39, 0.29) is 17.6 Å². The third-order valence-corrected chi connectivity index (χ3v) is 7.01. The summed E-state index contributed by atoms with van der Waals surface area (Å²) < 4.78 is 5.11. The molecule has 0 saturated heterocycles. The number of amides is 2. The quantitative estimate of drug-likeness (QED) is 0.288. The smallest absolute Gasteiger partial charge is 0.291 e. The number of thioether (sulfide) groups is 1. The Balaban J connectivity index is 1.42. The Morgan fingerprint density at radius 3 is 2.59 bits per heavy atom. The summed E-state index contributed by atoms with van der Waals surface area (Å²) in [5.41, 5.74) is 3.95. The summed E-state index contributed by atoms with van der Waals surface area (Å²) in [7, 11) is 0. The number of nitrogens with zero attached hydrogens (tertiary/aromatic N) is 1. The second-order valence-corrected chi connectivity index (χ2v) is 9.83. The molecule has 2 N–H and O–H groups in total. The van der Waals surface area contributed by atoms with Crippen molar-refractivity contribution in [3.63, 3.8) is 0 Å². The highest BCUT2D eigenvalue weighted by molar-refractivity contribution is 8.00.